The second kappa shape index (κ2) is 5.07. The third-order valence-corrected chi connectivity index (χ3v) is 3.51. The molecule has 4 nitrogen and oxygen atoms in total. The molecule has 0 saturated heterocycles. The average molecular weight is 313 g/mol. The SMILES string of the molecule is Cn1cc(-n2c(CCCl)nc3cc(F)c(Cl)cc32)cn1. The molecule has 0 aliphatic rings. The fourth-order valence-electron chi connectivity index (χ4n) is 2.19. The third kappa shape index (κ3) is 2.17. The van der Waals surface area contributed by atoms with Gasteiger partial charge in [0.25, 0.3) is 0 Å². The number of aryl methyl sites for hydroxylation is 2. The molecule has 0 aliphatic carbocycles. The molecule has 0 radical (unpaired) electrons. The molecule has 7 heteroatoms. The van der Waals surface area contributed by atoms with Crippen LogP contribution in [0, 0.1) is 5.82 Å². The van der Waals surface area contributed by atoms with Crippen LogP contribution in [0.2, 0.25) is 5.02 Å². The molecule has 3 rings (SSSR count). The maximum absolute atomic E-state index is 13.6. The summed E-state index contributed by atoms with van der Waals surface area (Å²) in [4.78, 5) is 4.43. The Kier molecular flexibility index (Phi) is 3.40. The highest BCUT2D eigenvalue weighted by Crippen LogP contribution is 2.26. The molecule has 0 bridgehead atoms. The van der Waals surface area contributed by atoms with E-state index in [1.54, 1.807) is 16.9 Å². The predicted molar refractivity (Wildman–Crippen MR) is 77.2 cm³/mol. The molecule has 0 N–H and O–H groups in total. The topological polar surface area (TPSA) is 35.6 Å². The molecular weight excluding hydrogens is 302 g/mol. The van der Waals surface area contributed by atoms with Gasteiger partial charge in [-0.2, -0.15) is 5.10 Å². The van der Waals surface area contributed by atoms with E-state index in [4.69, 9.17) is 23.2 Å². The first-order chi connectivity index (χ1) is 9.60. The molecule has 0 spiro atoms. The average Bonchev–Trinajstić information content (AvgIpc) is 2.94. The molecule has 2 heterocycles. The van der Waals surface area contributed by atoms with Gasteiger partial charge in [-0.3, -0.25) is 9.25 Å². The number of rotatable bonds is 3. The van der Waals surface area contributed by atoms with Gasteiger partial charge >= 0.3 is 0 Å². The summed E-state index contributed by atoms with van der Waals surface area (Å²) in [6.07, 6.45) is 4.15. The van der Waals surface area contributed by atoms with E-state index in [9.17, 15) is 4.39 Å². The first-order valence-corrected chi connectivity index (χ1v) is 6.92. The molecule has 3 aromatic rings. The Labute approximate surface area is 124 Å². The van der Waals surface area contributed by atoms with Gasteiger partial charge in [-0.25, -0.2) is 9.37 Å². The molecule has 0 aliphatic heterocycles. The second-order valence-electron chi connectivity index (χ2n) is 4.43. The molecular formula is C13H11Cl2FN4. The normalized spacial score (nSPS) is 11.4. The summed E-state index contributed by atoms with van der Waals surface area (Å²) in [5.74, 6) is 0.705. The molecule has 0 atom stereocenters. The molecule has 20 heavy (non-hydrogen) atoms. The number of alkyl halides is 1. The van der Waals surface area contributed by atoms with Gasteiger partial charge < -0.3 is 0 Å². The highest BCUT2D eigenvalue weighted by Gasteiger charge is 2.15. The standard InChI is InChI=1S/C13H11Cl2FN4/c1-19-7-8(6-17-19)20-12-4-9(15)10(16)5-11(12)18-13(20)2-3-14/h4-7H,2-3H2,1H3. The number of imidazole rings is 1. The van der Waals surface area contributed by atoms with E-state index in [0.717, 1.165) is 17.0 Å². The largest absolute Gasteiger partial charge is 0.293 e. The van der Waals surface area contributed by atoms with Gasteiger partial charge in [0.15, 0.2) is 0 Å². The van der Waals surface area contributed by atoms with Gasteiger partial charge in [-0.15, -0.1) is 11.6 Å². The van der Waals surface area contributed by atoms with Gasteiger partial charge in [0.2, 0.25) is 0 Å². The van der Waals surface area contributed by atoms with Gasteiger partial charge in [0.1, 0.15) is 11.6 Å². The molecule has 104 valence electrons. The number of halogens is 3. The van der Waals surface area contributed by atoms with E-state index in [1.807, 2.05) is 17.8 Å². The van der Waals surface area contributed by atoms with Crippen molar-refractivity contribution in [1.29, 1.82) is 0 Å². The zero-order valence-corrected chi connectivity index (χ0v) is 12.2. The van der Waals surface area contributed by atoms with Crippen molar-refractivity contribution in [2.24, 2.45) is 7.05 Å². The van der Waals surface area contributed by atoms with E-state index in [1.165, 1.54) is 6.07 Å². The lowest BCUT2D eigenvalue weighted by Crippen LogP contribution is -2.01. The van der Waals surface area contributed by atoms with E-state index in [0.29, 0.717) is 17.8 Å². The molecule has 0 fully saturated rings. The first-order valence-electron chi connectivity index (χ1n) is 6.01. The van der Waals surface area contributed by atoms with Crippen LogP contribution in [0.25, 0.3) is 16.7 Å². The fraction of sp³-hybridized carbons (Fsp3) is 0.231. The van der Waals surface area contributed by atoms with Gasteiger partial charge in [-0.1, -0.05) is 11.6 Å². The predicted octanol–water partition coefficient (Wildman–Crippen LogP) is 3.33. The van der Waals surface area contributed by atoms with Crippen molar-refractivity contribution in [2.45, 2.75) is 6.42 Å². The lowest BCUT2D eigenvalue weighted by molar-refractivity contribution is 0.630. The highest BCUT2D eigenvalue weighted by atomic mass is 35.5. The summed E-state index contributed by atoms with van der Waals surface area (Å²) < 4.78 is 17.1. The van der Waals surface area contributed by atoms with E-state index in [2.05, 4.69) is 10.1 Å². The van der Waals surface area contributed by atoms with Crippen LogP contribution in [-0.4, -0.2) is 25.2 Å². The highest BCUT2D eigenvalue weighted by molar-refractivity contribution is 6.31. The molecule has 2 aromatic heterocycles. The summed E-state index contributed by atoms with van der Waals surface area (Å²) in [7, 11) is 1.83. The van der Waals surface area contributed by atoms with Crippen molar-refractivity contribution in [3.63, 3.8) is 0 Å². The lowest BCUT2D eigenvalue weighted by Gasteiger charge is -2.05. The van der Waals surface area contributed by atoms with Crippen molar-refractivity contribution in [1.82, 2.24) is 19.3 Å². The number of benzene rings is 1. The van der Waals surface area contributed by atoms with Crippen LogP contribution in [0.5, 0.6) is 0 Å². The van der Waals surface area contributed by atoms with E-state index in [-0.39, 0.29) is 5.02 Å². The first kappa shape index (κ1) is 13.4. The van der Waals surface area contributed by atoms with Crippen LogP contribution in [0.4, 0.5) is 4.39 Å². The van der Waals surface area contributed by atoms with Crippen molar-refractivity contribution in [2.75, 3.05) is 5.88 Å². The quantitative estimate of drug-likeness (QED) is 0.695. The minimum absolute atomic E-state index is 0.0694. The van der Waals surface area contributed by atoms with E-state index < -0.39 is 5.82 Å². The number of aromatic nitrogens is 4. The summed E-state index contributed by atoms with van der Waals surface area (Å²) in [5, 5.41) is 4.22. The Morgan fingerprint density at radius 1 is 1.35 bits per heavy atom. The number of hydrogen-bond donors (Lipinski definition) is 0. The maximum Gasteiger partial charge on any atom is 0.144 e. The minimum Gasteiger partial charge on any atom is -0.293 e. The monoisotopic (exact) mass is 312 g/mol. The van der Waals surface area contributed by atoms with E-state index >= 15 is 0 Å². The lowest BCUT2D eigenvalue weighted by atomic mass is 10.3. The Morgan fingerprint density at radius 2 is 2.15 bits per heavy atom. The summed E-state index contributed by atoms with van der Waals surface area (Å²) >= 11 is 11.7. The van der Waals surface area contributed by atoms with Crippen LogP contribution in [0.15, 0.2) is 24.5 Å². The number of nitrogens with zero attached hydrogens (tertiary/aromatic N) is 4. The Balaban J connectivity index is 2.31. The summed E-state index contributed by atoms with van der Waals surface area (Å²) in [6, 6.07) is 2.91. The smallest absolute Gasteiger partial charge is 0.144 e. The molecule has 1 aromatic carbocycles. The van der Waals surface area contributed by atoms with Crippen molar-refractivity contribution >= 4 is 34.2 Å². The molecule has 0 saturated carbocycles. The van der Waals surface area contributed by atoms with Gasteiger partial charge in [0.05, 0.1) is 27.9 Å². The summed E-state index contributed by atoms with van der Waals surface area (Å²) in [6.45, 7) is 0. The zero-order chi connectivity index (χ0) is 14.3. The number of hydrogen-bond acceptors (Lipinski definition) is 2. The van der Waals surface area contributed by atoms with Crippen molar-refractivity contribution in [3.05, 3.63) is 41.2 Å². The van der Waals surface area contributed by atoms with Crippen LogP contribution in [-0.2, 0) is 13.5 Å². The van der Waals surface area contributed by atoms with Crippen LogP contribution >= 0.6 is 23.2 Å². The van der Waals surface area contributed by atoms with Crippen LogP contribution < -0.4 is 0 Å². The molecule has 0 unspecified atom stereocenters. The zero-order valence-electron chi connectivity index (χ0n) is 10.6. The minimum atomic E-state index is -0.479. The van der Waals surface area contributed by atoms with Gasteiger partial charge in [-0.05, 0) is 6.07 Å². The number of fused-ring (bicyclic) bond motifs is 1. The second-order valence-corrected chi connectivity index (χ2v) is 5.21. The van der Waals surface area contributed by atoms with Crippen LogP contribution in [0.3, 0.4) is 0 Å². The third-order valence-electron chi connectivity index (χ3n) is 3.03. The Morgan fingerprint density at radius 3 is 2.80 bits per heavy atom. The maximum atomic E-state index is 13.6. The Bertz CT molecular complexity index is 778. The fourth-order valence-corrected chi connectivity index (χ4v) is 2.51. The van der Waals surface area contributed by atoms with Crippen molar-refractivity contribution < 1.29 is 4.39 Å². The van der Waals surface area contributed by atoms with Crippen LogP contribution in [0.1, 0.15) is 5.82 Å². The van der Waals surface area contributed by atoms with Gasteiger partial charge in [0, 0.05) is 31.6 Å². The molecule has 0 amide bonds. The summed E-state index contributed by atoms with van der Waals surface area (Å²) in [5.41, 5.74) is 2.14. The van der Waals surface area contributed by atoms with Crippen molar-refractivity contribution in [3.8, 4) is 5.69 Å². The Hall–Kier alpha value is -1.59.